The molecule has 55 heavy (non-hydrogen) atoms. The zero-order valence-corrected chi connectivity index (χ0v) is 34.1. The summed E-state index contributed by atoms with van der Waals surface area (Å²) in [4.78, 5) is 56.8. The van der Waals surface area contributed by atoms with Crippen LogP contribution in [0.5, 0.6) is 0 Å². The van der Waals surface area contributed by atoms with E-state index in [4.69, 9.17) is 23.9 Å². The van der Waals surface area contributed by atoms with Gasteiger partial charge in [-0.25, -0.2) is 14.6 Å². The van der Waals surface area contributed by atoms with Gasteiger partial charge in [-0.15, -0.1) is 0 Å². The number of nitrogens with zero attached hydrogens (tertiary/aromatic N) is 2. The molecular weight excluding hydrogens is 737 g/mol. The molecule has 298 valence electrons. The summed E-state index contributed by atoms with van der Waals surface area (Å²) in [5.74, 6) is 0.171. The minimum atomic E-state index is -1.82. The Kier molecular flexibility index (Phi) is 17.0. The first-order chi connectivity index (χ1) is 26.9. The van der Waals surface area contributed by atoms with Crippen LogP contribution in [-0.2, 0) is 47.3 Å². The summed E-state index contributed by atoms with van der Waals surface area (Å²) >= 11 is 0. The number of benzene rings is 1. The number of fused-ring (bicyclic) bond motifs is 5. The number of aromatic nitrogens is 2. The highest BCUT2D eigenvalue weighted by molar-refractivity contribution is 8.76. The molecule has 0 bridgehead atoms. The Morgan fingerprint density at radius 2 is 1.55 bits per heavy atom. The van der Waals surface area contributed by atoms with Gasteiger partial charge in [-0.2, -0.15) is 0 Å². The van der Waals surface area contributed by atoms with Gasteiger partial charge in [0.25, 0.3) is 5.56 Å². The lowest BCUT2D eigenvalue weighted by atomic mass is 9.85. The number of esters is 2. The first-order valence-corrected chi connectivity index (χ1v) is 22.6. The van der Waals surface area contributed by atoms with Crippen LogP contribution in [0.3, 0.4) is 0 Å². The lowest BCUT2D eigenvalue weighted by molar-refractivity contribution is -0.175. The standard InChI is InChI=1S/C43H56N2O8S2/c1-3-5-6-7-8-9-10-11-12-13-14-15-16-17-18-23-38(46)50-24-26-54-55-27-25-51-42(49)53-43(4-2)35-29-37-39-33(28-32-21-19-20-22-36(32)44-39)30-45(37)40(47)34(35)31-52-41(43)48/h11-12,19-22,28-29H,3-10,13-18,23-27,30-31H2,1-2H3/b12-11-/t43-/m0/s1. The van der Waals surface area contributed by atoms with E-state index >= 15 is 0 Å². The van der Waals surface area contributed by atoms with E-state index in [1.165, 1.54) is 79.4 Å². The molecule has 0 spiro atoms. The summed E-state index contributed by atoms with van der Waals surface area (Å²) in [5.41, 5.74) is 1.36. The summed E-state index contributed by atoms with van der Waals surface area (Å²) < 4.78 is 23.5. The van der Waals surface area contributed by atoms with Crippen molar-refractivity contribution in [2.75, 3.05) is 24.7 Å². The molecule has 4 heterocycles. The molecule has 0 unspecified atom stereocenters. The van der Waals surface area contributed by atoms with Crippen molar-refractivity contribution >= 4 is 50.6 Å². The number of carbonyl (C=O) groups is 3. The summed E-state index contributed by atoms with van der Waals surface area (Å²) in [7, 11) is 3.00. The van der Waals surface area contributed by atoms with Gasteiger partial charge in [0.2, 0.25) is 5.60 Å². The number of unbranched alkanes of at least 4 members (excludes halogenated alkanes) is 11. The van der Waals surface area contributed by atoms with Crippen molar-refractivity contribution in [2.24, 2.45) is 0 Å². The second-order valence-electron chi connectivity index (χ2n) is 14.2. The predicted molar refractivity (Wildman–Crippen MR) is 220 cm³/mol. The summed E-state index contributed by atoms with van der Waals surface area (Å²) in [6.07, 6.45) is 20.0. The summed E-state index contributed by atoms with van der Waals surface area (Å²) in [6.45, 7) is 4.46. The van der Waals surface area contributed by atoms with Crippen LogP contribution < -0.4 is 5.56 Å². The van der Waals surface area contributed by atoms with Crippen molar-refractivity contribution in [1.29, 1.82) is 0 Å². The number of ether oxygens (including phenoxy) is 4. The average molecular weight is 793 g/mol. The van der Waals surface area contributed by atoms with Crippen LogP contribution in [0.15, 0.2) is 53.3 Å². The summed E-state index contributed by atoms with van der Waals surface area (Å²) in [6, 6.07) is 11.5. The van der Waals surface area contributed by atoms with E-state index in [0.29, 0.717) is 48.0 Å². The largest absolute Gasteiger partial charge is 0.509 e. The van der Waals surface area contributed by atoms with Crippen LogP contribution >= 0.6 is 21.6 Å². The zero-order chi connectivity index (χ0) is 38.9. The highest BCUT2D eigenvalue weighted by Crippen LogP contribution is 2.41. The fourth-order valence-corrected chi connectivity index (χ4v) is 8.79. The smallest absolute Gasteiger partial charge is 0.465 e. The molecule has 0 saturated carbocycles. The van der Waals surface area contributed by atoms with Gasteiger partial charge >= 0.3 is 18.1 Å². The molecule has 0 fully saturated rings. The molecule has 3 aromatic rings. The second-order valence-corrected chi connectivity index (χ2v) is 16.9. The monoisotopic (exact) mass is 792 g/mol. The normalized spacial score (nSPS) is 15.8. The molecule has 10 nitrogen and oxygen atoms in total. The van der Waals surface area contributed by atoms with E-state index < -0.39 is 17.7 Å². The average Bonchev–Trinajstić information content (AvgIpc) is 3.55. The van der Waals surface area contributed by atoms with Gasteiger partial charge in [0.1, 0.15) is 19.8 Å². The SMILES string of the molecule is CCCCCCCC/C=C\CCCCCCCC(=O)OCCSSCCOC(=O)O[C@]1(CC)C(=O)OCc2c1cc1n(c2=O)Cc2cc3ccccc3nc2-1. The van der Waals surface area contributed by atoms with Crippen molar-refractivity contribution < 1.29 is 33.3 Å². The fourth-order valence-electron chi connectivity index (χ4n) is 7.13. The van der Waals surface area contributed by atoms with Crippen molar-refractivity contribution in [3.8, 4) is 11.4 Å². The van der Waals surface area contributed by atoms with Gasteiger partial charge in [0.15, 0.2) is 0 Å². The molecule has 0 radical (unpaired) electrons. The Hall–Kier alpha value is -3.77. The molecule has 0 aliphatic carbocycles. The number of hydrogen-bond donors (Lipinski definition) is 0. The third kappa shape index (κ3) is 11.6. The molecule has 5 rings (SSSR count). The summed E-state index contributed by atoms with van der Waals surface area (Å²) in [5, 5.41) is 0.971. The van der Waals surface area contributed by atoms with Gasteiger partial charge in [0.05, 0.1) is 29.0 Å². The van der Waals surface area contributed by atoms with Crippen molar-refractivity contribution in [2.45, 2.75) is 129 Å². The maximum absolute atomic E-state index is 13.7. The number of pyridine rings is 2. The third-order valence-electron chi connectivity index (χ3n) is 10.2. The lowest BCUT2D eigenvalue weighted by Gasteiger charge is -2.35. The first-order valence-electron chi connectivity index (χ1n) is 20.1. The molecule has 2 aromatic heterocycles. The molecule has 2 aliphatic rings. The van der Waals surface area contributed by atoms with Crippen molar-refractivity contribution in [1.82, 2.24) is 9.55 Å². The third-order valence-corrected chi connectivity index (χ3v) is 12.5. The molecule has 0 saturated heterocycles. The van der Waals surface area contributed by atoms with E-state index in [1.807, 2.05) is 30.3 Å². The van der Waals surface area contributed by atoms with Crippen LogP contribution in [-0.4, -0.2) is 52.4 Å². The van der Waals surface area contributed by atoms with E-state index in [1.54, 1.807) is 17.6 Å². The van der Waals surface area contributed by atoms with E-state index in [2.05, 4.69) is 19.1 Å². The van der Waals surface area contributed by atoms with Crippen LogP contribution in [0.4, 0.5) is 4.79 Å². The van der Waals surface area contributed by atoms with E-state index in [-0.39, 0.29) is 36.7 Å². The zero-order valence-electron chi connectivity index (χ0n) is 32.4. The van der Waals surface area contributed by atoms with Gasteiger partial charge < -0.3 is 23.5 Å². The van der Waals surface area contributed by atoms with Gasteiger partial charge in [-0.1, -0.05) is 117 Å². The maximum atomic E-state index is 13.7. The lowest BCUT2D eigenvalue weighted by Crippen LogP contribution is -2.47. The maximum Gasteiger partial charge on any atom is 0.509 e. The molecule has 12 heteroatoms. The minimum absolute atomic E-state index is 0.0463. The number of para-hydroxylation sites is 1. The molecule has 1 aromatic carbocycles. The van der Waals surface area contributed by atoms with E-state index in [0.717, 1.165) is 42.1 Å². The van der Waals surface area contributed by atoms with Crippen LogP contribution in [0.2, 0.25) is 0 Å². The minimum Gasteiger partial charge on any atom is -0.465 e. The van der Waals surface area contributed by atoms with Crippen molar-refractivity contribution in [3.63, 3.8) is 0 Å². The van der Waals surface area contributed by atoms with Gasteiger partial charge in [0, 0.05) is 34.4 Å². The van der Waals surface area contributed by atoms with Gasteiger partial charge in [-0.3, -0.25) is 9.59 Å². The van der Waals surface area contributed by atoms with Crippen LogP contribution in [0.1, 0.15) is 127 Å². The second kappa shape index (κ2) is 22.1. The Morgan fingerprint density at radius 3 is 2.27 bits per heavy atom. The van der Waals surface area contributed by atoms with Crippen LogP contribution in [0.25, 0.3) is 22.3 Å². The highest BCUT2D eigenvalue weighted by atomic mass is 33.1. The molecular formula is C43H56N2O8S2. The Morgan fingerprint density at radius 1 is 0.873 bits per heavy atom. The Bertz CT molecular complexity index is 1840. The molecule has 1 atom stereocenters. The van der Waals surface area contributed by atoms with E-state index in [9.17, 15) is 19.2 Å². The first kappa shape index (κ1) is 42.4. The molecule has 0 N–H and O–H groups in total. The predicted octanol–water partition coefficient (Wildman–Crippen LogP) is 10.2. The van der Waals surface area contributed by atoms with Crippen LogP contribution in [0, 0.1) is 0 Å². The Labute approximate surface area is 332 Å². The number of cyclic esters (lactones) is 1. The van der Waals surface area contributed by atoms with Gasteiger partial charge in [-0.05, 0) is 56.7 Å². The highest BCUT2D eigenvalue weighted by Gasteiger charge is 2.51. The number of hydrogen-bond acceptors (Lipinski definition) is 11. The Balaban J connectivity index is 0.949. The number of rotatable bonds is 24. The number of allylic oxidation sites excluding steroid dienone is 2. The molecule has 2 aliphatic heterocycles. The van der Waals surface area contributed by atoms with Crippen molar-refractivity contribution in [3.05, 3.63) is 75.6 Å². The number of carbonyl (C=O) groups excluding carboxylic acids is 3. The molecule has 0 amide bonds. The topological polar surface area (TPSA) is 123 Å². The quantitative estimate of drug-likeness (QED) is 0.0221. The fraction of sp³-hybridized carbons (Fsp3) is 0.558.